The third kappa shape index (κ3) is 4.63. The maximum absolute atomic E-state index is 13.0. The van der Waals surface area contributed by atoms with Gasteiger partial charge in [-0.05, 0) is 30.3 Å². The monoisotopic (exact) mass is 329 g/mol. The van der Waals surface area contributed by atoms with Gasteiger partial charge in [-0.1, -0.05) is 42.5 Å². The Balaban J connectivity index is 2.22. The summed E-state index contributed by atoms with van der Waals surface area (Å²) < 4.78 is 13.0. The Hall–Kier alpha value is -2.73. The van der Waals surface area contributed by atoms with Crippen LogP contribution >= 0.6 is 0 Å². The molecular weight excluding hydrogens is 309 g/mol. The van der Waals surface area contributed by atoms with Crippen molar-refractivity contribution in [1.29, 1.82) is 0 Å². The summed E-state index contributed by atoms with van der Waals surface area (Å²) in [4.78, 5) is 25.8. The molecule has 0 aliphatic rings. The molecule has 0 saturated heterocycles. The number of nitrogens with zero attached hydrogens (tertiary/aromatic N) is 1. The van der Waals surface area contributed by atoms with E-state index in [9.17, 15) is 14.0 Å². The van der Waals surface area contributed by atoms with E-state index in [-0.39, 0.29) is 5.82 Å². The van der Waals surface area contributed by atoms with Crippen molar-refractivity contribution in [1.82, 2.24) is 15.5 Å². The number of benzene rings is 2. The molecular formula is C18H20FN3O2. The fraction of sp³-hybridized carbons (Fsp3) is 0.222. The van der Waals surface area contributed by atoms with Crippen molar-refractivity contribution < 1.29 is 14.0 Å². The Morgan fingerprint density at radius 2 is 1.71 bits per heavy atom. The van der Waals surface area contributed by atoms with Gasteiger partial charge >= 0.3 is 6.03 Å². The van der Waals surface area contributed by atoms with Crippen LogP contribution in [0.4, 0.5) is 9.18 Å². The van der Waals surface area contributed by atoms with Crippen molar-refractivity contribution in [3.8, 4) is 0 Å². The van der Waals surface area contributed by atoms with Crippen molar-refractivity contribution >= 4 is 11.9 Å². The van der Waals surface area contributed by atoms with Crippen molar-refractivity contribution in [2.75, 3.05) is 14.1 Å². The first-order chi connectivity index (χ1) is 11.5. The second kappa shape index (κ2) is 8.21. The number of carbonyl (C=O) groups is 2. The van der Waals surface area contributed by atoms with Gasteiger partial charge in [0.05, 0.1) is 0 Å². The van der Waals surface area contributed by atoms with Crippen LogP contribution in [0.2, 0.25) is 0 Å². The van der Waals surface area contributed by atoms with Crippen LogP contribution < -0.4 is 10.6 Å². The zero-order valence-electron chi connectivity index (χ0n) is 13.6. The largest absolute Gasteiger partial charge is 0.341 e. The molecule has 3 amide bonds. The molecule has 0 bridgehead atoms. The molecule has 2 N–H and O–H groups in total. The summed E-state index contributed by atoms with van der Waals surface area (Å²) in [7, 11) is 3.23. The molecule has 0 spiro atoms. The Kier molecular flexibility index (Phi) is 6.03. The minimum absolute atomic E-state index is 0.307. The first-order valence-corrected chi connectivity index (χ1v) is 7.53. The molecule has 2 rings (SSSR count). The predicted octanol–water partition coefficient (Wildman–Crippen LogP) is 2.45. The van der Waals surface area contributed by atoms with Gasteiger partial charge in [0.25, 0.3) is 0 Å². The predicted molar refractivity (Wildman–Crippen MR) is 89.6 cm³/mol. The lowest BCUT2D eigenvalue weighted by Crippen LogP contribution is -2.44. The Bertz CT molecular complexity index is 689. The van der Waals surface area contributed by atoms with Crippen LogP contribution in [0.25, 0.3) is 0 Å². The van der Waals surface area contributed by atoms with Gasteiger partial charge in [-0.3, -0.25) is 15.0 Å². The number of carbonyl (C=O) groups excluding carboxylic acids is 2. The minimum atomic E-state index is -0.645. The van der Waals surface area contributed by atoms with Crippen LogP contribution in [0, 0.1) is 5.82 Å². The van der Waals surface area contributed by atoms with Crippen molar-refractivity contribution in [3.05, 3.63) is 71.5 Å². The first-order valence-electron chi connectivity index (χ1n) is 7.53. The highest BCUT2D eigenvalue weighted by molar-refractivity contribution is 5.97. The number of urea groups is 1. The van der Waals surface area contributed by atoms with Gasteiger partial charge in [0, 0.05) is 13.6 Å². The standard InChI is InChI=1S/C18H20FN3O2/c1-20-18(24)21-17(23)16(14-6-4-3-5-7-14)22(2)12-13-8-10-15(19)11-9-13/h3-11,16H,12H2,1-2H3,(H2,20,21,23,24). The molecule has 0 saturated carbocycles. The Labute approximate surface area is 140 Å². The number of rotatable bonds is 5. The van der Waals surface area contributed by atoms with Gasteiger partial charge in [0.2, 0.25) is 5.91 Å². The molecule has 2 aromatic rings. The average Bonchev–Trinajstić information content (AvgIpc) is 2.58. The number of hydrogen-bond acceptors (Lipinski definition) is 3. The topological polar surface area (TPSA) is 61.4 Å². The lowest BCUT2D eigenvalue weighted by molar-refractivity contribution is -0.125. The fourth-order valence-electron chi connectivity index (χ4n) is 2.45. The highest BCUT2D eigenvalue weighted by Gasteiger charge is 2.26. The minimum Gasteiger partial charge on any atom is -0.341 e. The van der Waals surface area contributed by atoms with E-state index in [4.69, 9.17) is 0 Å². The normalized spacial score (nSPS) is 11.8. The smallest absolute Gasteiger partial charge is 0.321 e. The van der Waals surface area contributed by atoms with E-state index in [1.165, 1.54) is 19.2 Å². The van der Waals surface area contributed by atoms with Crippen LogP contribution in [0.3, 0.4) is 0 Å². The Morgan fingerprint density at radius 3 is 2.29 bits per heavy atom. The molecule has 0 aliphatic heterocycles. The summed E-state index contributed by atoms with van der Waals surface area (Å²) >= 11 is 0. The van der Waals surface area contributed by atoms with Crippen molar-refractivity contribution in [2.24, 2.45) is 0 Å². The molecule has 6 heteroatoms. The zero-order chi connectivity index (χ0) is 17.5. The number of amides is 3. The number of imide groups is 1. The molecule has 0 radical (unpaired) electrons. The van der Waals surface area contributed by atoms with E-state index >= 15 is 0 Å². The third-order valence-electron chi connectivity index (χ3n) is 3.61. The van der Waals surface area contributed by atoms with E-state index < -0.39 is 18.0 Å². The molecule has 0 aliphatic carbocycles. The maximum atomic E-state index is 13.0. The van der Waals surface area contributed by atoms with Gasteiger partial charge in [0.1, 0.15) is 11.9 Å². The summed E-state index contributed by atoms with van der Waals surface area (Å²) in [5.41, 5.74) is 1.64. The summed E-state index contributed by atoms with van der Waals surface area (Å²) in [6.45, 7) is 0.432. The molecule has 1 atom stereocenters. The van der Waals surface area contributed by atoms with E-state index in [1.54, 1.807) is 24.1 Å². The van der Waals surface area contributed by atoms with Crippen LogP contribution in [0.15, 0.2) is 54.6 Å². The summed E-state index contributed by atoms with van der Waals surface area (Å²) in [6.07, 6.45) is 0. The summed E-state index contributed by atoms with van der Waals surface area (Å²) in [5, 5.41) is 4.68. The molecule has 5 nitrogen and oxygen atoms in total. The van der Waals surface area contributed by atoms with Crippen LogP contribution in [-0.4, -0.2) is 30.9 Å². The molecule has 126 valence electrons. The van der Waals surface area contributed by atoms with Gasteiger partial charge in [-0.2, -0.15) is 0 Å². The fourth-order valence-corrected chi connectivity index (χ4v) is 2.45. The van der Waals surface area contributed by atoms with E-state index in [0.717, 1.165) is 11.1 Å². The number of likely N-dealkylation sites (N-methyl/N-ethyl adjacent to an activating group) is 1. The van der Waals surface area contributed by atoms with E-state index in [0.29, 0.717) is 6.54 Å². The number of nitrogens with one attached hydrogen (secondary N) is 2. The highest BCUT2D eigenvalue weighted by atomic mass is 19.1. The lowest BCUT2D eigenvalue weighted by Gasteiger charge is -2.27. The van der Waals surface area contributed by atoms with Crippen LogP contribution in [0.5, 0.6) is 0 Å². The van der Waals surface area contributed by atoms with Gasteiger partial charge in [-0.15, -0.1) is 0 Å². The number of halogens is 1. The van der Waals surface area contributed by atoms with Gasteiger partial charge in [-0.25, -0.2) is 9.18 Å². The van der Waals surface area contributed by atoms with Gasteiger partial charge < -0.3 is 5.32 Å². The second-order valence-corrected chi connectivity index (χ2v) is 5.42. The first kappa shape index (κ1) is 17.6. The molecule has 24 heavy (non-hydrogen) atoms. The van der Waals surface area contributed by atoms with Crippen LogP contribution in [-0.2, 0) is 11.3 Å². The maximum Gasteiger partial charge on any atom is 0.321 e. The van der Waals surface area contributed by atoms with Crippen LogP contribution in [0.1, 0.15) is 17.2 Å². The third-order valence-corrected chi connectivity index (χ3v) is 3.61. The average molecular weight is 329 g/mol. The van der Waals surface area contributed by atoms with Crippen molar-refractivity contribution in [3.63, 3.8) is 0 Å². The highest BCUT2D eigenvalue weighted by Crippen LogP contribution is 2.21. The zero-order valence-corrected chi connectivity index (χ0v) is 13.6. The van der Waals surface area contributed by atoms with Gasteiger partial charge in [0.15, 0.2) is 0 Å². The molecule has 1 unspecified atom stereocenters. The Morgan fingerprint density at radius 1 is 1.08 bits per heavy atom. The molecule has 0 fully saturated rings. The summed E-state index contributed by atoms with van der Waals surface area (Å²) in [5.74, 6) is -0.733. The van der Waals surface area contributed by atoms with E-state index in [2.05, 4.69) is 10.6 Å². The molecule has 0 aromatic heterocycles. The van der Waals surface area contributed by atoms with E-state index in [1.807, 2.05) is 30.3 Å². The quantitative estimate of drug-likeness (QED) is 0.886. The number of hydrogen-bond donors (Lipinski definition) is 2. The molecule has 0 heterocycles. The summed E-state index contributed by atoms with van der Waals surface area (Å²) in [6, 6.07) is 14.1. The molecule has 2 aromatic carbocycles. The SMILES string of the molecule is CNC(=O)NC(=O)C(c1ccccc1)N(C)Cc1ccc(F)cc1. The lowest BCUT2D eigenvalue weighted by atomic mass is 10.0. The van der Waals surface area contributed by atoms with Crippen molar-refractivity contribution in [2.45, 2.75) is 12.6 Å². The second-order valence-electron chi connectivity index (χ2n) is 5.42.